The van der Waals surface area contributed by atoms with Gasteiger partial charge >= 0.3 is 11.9 Å². The van der Waals surface area contributed by atoms with Gasteiger partial charge in [-0.25, -0.2) is 9.59 Å². The van der Waals surface area contributed by atoms with Gasteiger partial charge in [-0.15, -0.1) is 0 Å². The van der Waals surface area contributed by atoms with E-state index in [4.69, 9.17) is 32.7 Å². The molecule has 1 unspecified atom stereocenters. The Balaban J connectivity index is 2.76. The zero-order chi connectivity index (χ0) is 20.3. The van der Waals surface area contributed by atoms with Crippen LogP contribution in [0.15, 0.2) is 40.9 Å². The molecule has 9 heteroatoms. The van der Waals surface area contributed by atoms with Crippen molar-refractivity contribution >= 4 is 35.1 Å². The number of carboxylic acids is 2. The first-order chi connectivity index (χ1) is 12.7. The third kappa shape index (κ3) is 4.05. The van der Waals surface area contributed by atoms with E-state index in [0.29, 0.717) is 5.70 Å². The number of carboxylic acid groups (broad SMARTS) is 2. The van der Waals surface area contributed by atoms with Crippen LogP contribution in [-0.2, 0) is 19.1 Å². The van der Waals surface area contributed by atoms with Gasteiger partial charge in [-0.1, -0.05) is 35.3 Å². The zero-order valence-electron chi connectivity index (χ0n) is 15.0. The second-order valence-electron chi connectivity index (χ2n) is 5.80. The molecule has 1 aliphatic rings. The highest BCUT2D eigenvalue weighted by Crippen LogP contribution is 2.45. The monoisotopic (exact) mass is 415 g/mol. The number of rotatable bonds is 7. The third-order valence-corrected chi connectivity index (χ3v) is 5.12. The lowest BCUT2D eigenvalue weighted by molar-refractivity contribution is -0.134. The summed E-state index contributed by atoms with van der Waals surface area (Å²) >= 11 is 12.4. The number of allylic oxidation sites excluding steroid dienone is 1. The van der Waals surface area contributed by atoms with Crippen LogP contribution in [0, 0.1) is 0 Å². The fraction of sp³-hybridized carbons (Fsp3) is 0.333. The van der Waals surface area contributed by atoms with Crippen LogP contribution in [0.3, 0.4) is 0 Å². The molecule has 0 amide bonds. The van der Waals surface area contributed by atoms with Gasteiger partial charge in [-0.3, -0.25) is 0 Å². The van der Waals surface area contributed by atoms with E-state index in [1.165, 1.54) is 12.0 Å². The quantitative estimate of drug-likeness (QED) is 0.659. The van der Waals surface area contributed by atoms with E-state index in [1.54, 1.807) is 32.2 Å². The summed E-state index contributed by atoms with van der Waals surface area (Å²) in [6.45, 7) is 1.91. The molecule has 1 aromatic carbocycles. The topological polar surface area (TPSA) is 96.3 Å². The standard InChI is InChI=1S/C18H19Cl2NO6/c1-9-12(17(22)23)13(10-5-4-6-11(19)15(10)20)14(18(24)25)16(21(9)2)27-8-7-26-3/h4-6,13H,7-8H2,1-3H3,(H,22,23)(H,24,25). The molecule has 0 spiro atoms. The van der Waals surface area contributed by atoms with E-state index in [-0.39, 0.29) is 45.9 Å². The number of halogens is 2. The minimum atomic E-state index is -1.32. The summed E-state index contributed by atoms with van der Waals surface area (Å²) in [6, 6.07) is 4.68. The molecular weight excluding hydrogens is 397 g/mol. The molecule has 27 heavy (non-hydrogen) atoms. The molecular formula is C18H19Cl2NO6. The average Bonchev–Trinajstić information content (AvgIpc) is 2.60. The molecule has 2 rings (SSSR count). The summed E-state index contributed by atoms with van der Waals surface area (Å²) in [5, 5.41) is 19.9. The zero-order valence-corrected chi connectivity index (χ0v) is 16.5. The lowest BCUT2D eigenvalue weighted by atomic mass is 9.81. The van der Waals surface area contributed by atoms with Crippen molar-refractivity contribution in [3.8, 4) is 0 Å². The Labute approximate surface area is 166 Å². The second kappa shape index (κ2) is 8.65. The smallest absolute Gasteiger partial charge is 0.337 e. The van der Waals surface area contributed by atoms with Gasteiger partial charge in [0.25, 0.3) is 0 Å². The molecule has 1 aliphatic heterocycles. The Hall–Kier alpha value is -2.22. The first-order valence-electron chi connectivity index (χ1n) is 7.93. The Morgan fingerprint density at radius 2 is 1.78 bits per heavy atom. The molecule has 0 aromatic heterocycles. The number of aliphatic carboxylic acids is 2. The Kier molecular flexibility index (Phi) is 6.75. The van der Waals surface area contributed by atoms with Gasteiger partial charge in [0.15, 0.2) is 0 Å². The molecule has 1 atom stereocenters. The molecule has 1 aromatic rings. The molecule has 0 fully saturated rings. The molecule has 0 saturated carbocycles. The van der Waals surface area contributed by atoms with Gasteiger partial charge < -0.3 is 24.6 Å². The minimum absolute atomic E-state index is 0.0306. The van der Waals surface area contributed by atoms with Crippen molar-refractivity contribution < 1.29 is 29.3 Å². The number of benzene rings is 1. The van der Waals surface area contributed by atoms with Gasteiger partial charge in [-0.2, -0.15) is 0 Å². The van der Waals surface area contributed by atoms with E-state index >= 15 is 0 Å². The second-order valence-corrected chi connectivity index (χ2v) is 6.59. The van der Waals surface area contributed by atoms with Crippen molar-refractivity contribution in [1.82, 2.24) is 4.90 Å². The summed E-state index contributed by atoms with van der Waals surface area (Å²) in [7, 11) is 3.03. The van der Waals surface area contributed by atoms with Crippen molar-refractivity contribution in [2.75, 3.05) is 27.4 Å². The summed E-state index contributed by atoms with van der Waals surface area (Å²) in [5.41, 5.74) is 0.263. The van der Waals surface area contributed by atoms with Crippen LogP contribution in [0.5, 0.6) is 0 Å². The van der Waals surface area contributed by atoms with Crippen LogP contribution in [-0.4, -0.2) is 54.4 Å². The maximum absolute atomic E-state index is 12.1. The number of carbonyl (C=O) groups is 2. The van der Waals surface area contributed by atoms with Crippen molar-refractivity contribution in [2.45, 2.75) is 12.8 Å². The van der Waals surface area contributed by atoms with Gasteiger partial charge in [0.1, 0.15) is 12.2 Å². The SMILES string of the molecule is COCCOC1=C(C(=O)O)C(c2cccc(Cl)c2Cl)C(C(=O)O)=C(C)N1C. The predicted molar refractivity (Wildman–Crippen MR) is 99.8 cm³/mol. The number of ether oxygens (including phenoxy) is 2. The van der Waals surface area contributed by atoms with Crippen molar-refractivity contribution in [3.05, 3.63) is 56.5 Å². The minimum Gasteiger partial charge on any atom is -0.478 e. The molecule has 0 saturated heterocycles. The highest BCUT2D eigenvalue weighted by Gasteiger charge is 2.41. The van der Waals surface area contributed by atoms with Gasteiger partial charge in [0.2, 0.25) is 5.88 Å². The third-order valence-electron chi connectivity index (χ3n) is 4.28. The highest BCUT2D eigenvalue weighted by atomic mass is 35.5. The largest absolute Gasteiger partial charge is 0.478 e. The van der Waals surface area contributed by atoms with Crippen LogP contribution in [0.2, 0.25) is 10.0 Å². The van der Waals surface area contributed by atoms with E-state index in [0.717, 1.165) is 0 Å². The summed E-state index contributed by atoms with van der Waals surface area (Å²) in [5.74, 6) is -3.69. The Morgan fingerprint density at radius 1 is 1.15 bits per heavy atom. The number of hydrogen-bond acceptors (Lipinski definition) is 5. The maximum Gasteiger partial charge on any atom is 0.337 e. The predicted octanol–water partition coefficient (Wildman–Crippen LogP) is 3.34. The lowest BCUT2D eigenvalue weighted by Gasteiger charge is -2.35. The maximum atomic E-state index is 12.1. The normalized spacial score (nSPS) is 17.4. The van der Waals surface area contributed by atoms with E-state index in [9.17, 15) is 19.8 Å². The Bertz CT molecular complexity index is 833. The molecule has 0 aliphatic carbocycles. The number of hydrogen-bond donors (Lipinski definition) is 2. The fourth-order valence-electron chi connectivity index (χ4n) is 2.93. The molecule has 1 heterocycles. The molecule has 2 N–H and O–H groups in total. The van der Waals surface area contributed by atoms with Crippen molar-refractivity contribution in [1.29, 1.82) is 0 Å². The average molecular weight is 416 g/mol. The first kappa shape index (κ1) is 21.1. The van der Waals surface area contributed by atoms with Gasteiger partial charge in [0.05, 0.1) is 28.1 Å². The van der Waals surface area contributed by atoms with Crippen molar-refractivity contribution in [2.24, 2.45) is 0 Å². The van der Waals surface area contributed by atoms with Crippen LogP contribution >= 0.6 is 23.2 Å². The summed E-state index contributed by atoms with van der Waals surface area (Å²) in [4.78, 5) is 25.5. The molecule has 146 valence electrons. The van der Waals surface area contributed by atoms with E-state index in [1.807, 2.05) is 0 Å². The van der Waals surface area contributed by atoms with Crippen LogP contribution in [0.1, 0.15) is 18.4 Å². The van der Waals surface area contributed by atoms with E-state index < -0.39 is 17.9 Å². The fourth-order valence-corrected chi connectivity index (χ4v) is 3.35. The highest BCUT2D eigenvalue weighted by molar-refractivity contribution is 6.42. The number of methoxy groups -OCH3 is 1. The number of nitrogens with zero attached hydrogens (tertiary/aromatic N) is 1. The molecule has 0 radical (unpaired) electrons. The Morgan fingerprint density at radius 3 is 2.33 bits per heavy atom. The van der Waals surface area contributed by atoms with Crippen molar-refractivity contribution in [3.63, 3.8) is 0 Å². The first-order valence-corrected chi connectivity index (χ1v) is 8.68. The van der Waals surface area contributed by atoms with Crippen LogP contribution in [0.4, 0.5) is 0 Å². The summed E-state index contributed by atoms with van der Waals surface area (Å²) in [6.07, 6.45) is 0. The van der Waals surface area contributed by atoms with Crippen LogP contribution < -0.4 is 0 Å². The van der Waals surface area contributed by atoms with Gasteiger partial charge in [0, 0.05) is 19.9 Å². The molecule has 7 nitrogen and oxygen atoms in total. The molecule has 0 bridgehead atoms. The summed E-state index contributed by atoms with van der Waals surface area (Å²) < 4.78 is 10.6. The lowest BCUT2D eigenvalue weighted by Crippen LogP contribution is -2.34. The van der Waals surface area contributed by atoms with Gasteiger partial charge in [-0.05, 0) is 18.6 Å². The van der Waals surface area contributed by atoms with Crippen LogP contribution in [0.25, 0.3) is 0 Å². The van der Waals surface area contributed by atoms with E-state index in [2.05, 4.69) is 0 Å².